The Morgan fingerprint density at radius 3 is 2.85 bits per heavy atom. The molecule has 13 heavy (non-hydrogen) atoms. The van der Waals surface area contributed by atoms with E-state index in [-0.39, 0.29) is 0 Å². The zero-order valence-electron chi connectivity index (χ0n) is 7.13. The second kappa shape index (κ2) is 3.60. The number of nitrogens with two attached hydrogens (primary N) is 1. The van der Waals surface area contributed by atoms with Crippen LogP contribution in [-0.2, 0) is 0 Å². The lowest BCUT2D eigenvalue weighted by Crippen LogP contribution is -2.01. The monoisotopic (exact) mass is 259 g/mol. The van der Waals surface area contributed by atoms with Crippen LogP contribution in [0.4, 0.5) is 0 Å². The highest BCUT2D eigenvalue weighted by molar-refractivity contribution is 9.10. The molecule has 0 aromatic heterocycles. The van der Waals surface area contributed by atoms with E-state index >= 15 is 0 Å². The van der Waals surface area contributed by atoms with Crippen molar-refractivity contribution in [3.8, 4) is 0 Å². The molecular weight excluding hydrogens is 249 g/mol. The van der Waals surface area contributed by atoms with E-state index in [9.17, 15) is 0 Å². The first-order chi connectivity index (χ1) is 6.22. The zero-order valence-corrected chi connectivity index (χ0v) is 9.48. The average Bonchev–Trinajstić information content (AvgIpc) is 2.88. The first-order valence-corrected chi connectivity index (χ1v) is 5.54. The third kappa shape index (κ3) is 1.90. The Bertz CT molecular complexity index is 327. The Morgan fingerprint density at radius 1 is 1.54 bits per heavy atom. The van der Waals surface area contributed by atoms with Crippen LogP contribution in [0.25, 0.3) is 0 Å². The van der Waals surface area contributed by atoms with E-state index in [1.807, 2.05) is 6.07 Å². The van der Waals surface area contributed by atoms with Crippen LogP contribution in [0.1, 0.15) is 17.9 Å². The maximum absolute atomic E-state index is 5.90. The standard InChI is InChI=1S/C10H11BrClN/c11-9-4-6(1-2-10(9)12)8-3-7(8)5-13/h1-2,4,7-8H,3,5,13H2. The maximum Gasteiger partial charge on any atom is 0.0548 e. The van der Waals surface area contributed by atoms with E-state index in [0.29, 0.717) is 11.8 Å². The van der Waals surface area contributed by atoms with E-state index in [1.165, 1.54) is 12.0 Å². The quantitative estimate of drug-likeness (QED) is 0.868. The molecule has 70 valence electrons. The average molecular weight is 261 g/mol. The van der Waals surface area contributed by atoms with Crippen molar-refractivity contribution in [2.75, 3.05) is 6.54 Å². The van der Waals surface area contributed by atoms with Crippen LogP contribution in [0.2, 0.25) is 5.02 Å². The van der Waals surface area contributed by atoms with Gasteiger partial charge < -0.3 is 5.73 Å². The summed E-state index contributed by atoms with van der Waals surface area (Å²) >= 11 is 9.33. The van der Waals surface area contributed by atoms with Gasteiger partial charge in [0, 0.05) is 4.47 Å². The molecule has 0 saturated heterocycles. The predicted molar refractivity (Wildman–Crippen MR) is 59.1 cm³/mol. The molecule has 1 fully saturated rings. The van der Waals surface area contributed by atoms with Gasteiger partial charge in [-0.25, -0.2) is 0 Å². The summed E-state index contributed by atoms with van der Waals surface area (Å²) in [6.07, 6.45) is 1.23. The summed E-state index contributed by atoms with van der Waals surface area (Å²) in [6, 6.07) is 6.13. The van der Waals surface area contributed by atoms with Crippen LogP contribution in [0.5, 0.6) is 0 Å². The molecule has 1 aliphatic rings. The molecule has 0 spiro atoms. The van der Waals surface area contributed by atoms with E-state index < -0.39 is 0 Å². The summed E-state index contributed by atoms with van der Waals surface area (Å²) in [6.45, 7) is 0.797. The molecule has 1 aromatic rings. The second-order valence-corrected chi connectivity index (χ2v) is 4.77. The van der Waals surface area contributed by atoms with Crippen molar-refractivity contribution in [1.82, 2.24) is 0 Å². The Labute approximate surface area is 91.4 Å². The Hall–Kier alpha value is -0.0500. The molecular formula is C10H11BrClN. The lowest BCUT2D eigenvalue weighted by atomic mass is 10.1. The van der Waals surface area contributed by atoms with Gasteiger partial charge in [-0.1, -0.05) is 17.7 Å². The Kier molecular flexibility index (Phi) is 2.63. The van der Waals surface area contributed by atoms with Crippen molar-refractivity contribution in [2.24, 2.45) is 11.7 Å². The summed E-state index contributed by atoms with van der Waals surface area (Å²) in [4.78, 5) is 0. The van der Waals surface area contributed by atoms with Gasteiger partial charge in [-0.05, 0) is 58.4 Å². The summed E-state index contributed by atoms with van der Waals surface area (Å²) in [5.74, 6) is 1.35. The van der Waals surface area contributed by atoms with Crippen molar-refractivity contribution in [2.45, 2.75) is 12.3 Å². The number of benzene rings is 1. The third-order valence-electron chi connectivity index (χ3n) is 2.60. The largest absolute Gasteiger partial charge is 0.330 e. The first kappa shape index (κ1) is 9.50. The minimum Gasteiger partial charge on any atom is -0.330 e. The molecule has 2 atom stereocenters. The normalized spacial score (nSPS) is 26.1. The number of hydrogen-bond acceptors (Lipinski definition) is 1. The summed E-state index contributed by atoms with van der Waals surface area (Å²) < 4.78 is 0.981. The predicted octanol–water partition coefficient (Wildman–Crippen LogP) is 3.16. The molecule has 0 amide bonds. The number of halogens is 2. The maximum atomic E-state index is 5.90. The van der Waals surface area contributed by atoms with Crippen LogP contribution in [0, 0.1) is 5.92 Å². The topological polar surface area (TPSA) is 26.0 Å². The Morgan fingerprint density at radius 2 is 2.31 bits per heavy atom. The molecule has 0 bridgehead atoms. The molecule has 3 heteroatoms. The summed E-state index contributed by atoms with van der Waals surface area (Å²) in [5.41, 5.74) is 6.95. The second-order valence-electron chi connectivity index (χ2n) is 3.51. The smallest absolute Gasteiger partial charge is 0.0548 e. The minimum absolute atomic E-state index is 0.665. The van der Waals surface area contributed by atoms with Crippen molar-refractivity contribution in [3.63, 3.8) is 0 Å². The van der Waals surface area contributed by atoms with Crippen LogP contribution in [0.3, 0.4) is 0 Å². The summed E-state index contributed by atoms with van der Waals surface area (Å²) in [7, 11) is 0. The lowest BCUT2D eigenvalue weighted by Gasteiger charge is -2.01. The molecule has 1 saturated carbocycles. The van der Waals surface area contributed by atoms with Gasteiger partial charge in [-0.15, -0.1) is 0 Å². The van der Waals surface area contributed by atoms with E-state index in [1.54, 1.807) is 0 Å². The van der Waals surface area contributed by atoms with Gasteiger partial charge in [0.25, 0.3) is 0 Å². The molecule has 2 rings (SSSR count). The zero-order chi connectivity index (χ0) is 9.42. The van der Waals surface area contributed by atoms with Gasteiger partial charge in [0.15, 0.2) is 0 Å². The molecule has 0 aliphatic heterocycles. The molecule has 0 radical (unpaired) electrons. The van der Waals surface area contributed by atoms with Gasteiger partial charge in [0.1, 0.15) is 0 Å². The van der Waals surface area contributed by atoms with Crippen molar-refractivity contribution in [3.05, 3.63) is 33.3 Å². The van der Waals surface area contributed by atoms with Crippen LogP contribution in [0.15, 0.2) is 22.7 Å². The molecule has 0 heterocycles. The van der Waals surface area contributed by atoms with Crippen molar-refractivity contribution < 1.29 is 0 Å². The fourth-order valence-corrected chi connectivity index (χ4v) is 2.17. The third-order valence-corrected chi connectivity index (χ3v) is 3.81. The van der Waals surface area contributed by atoms with Gasteiger partial charge in [0.2, 0.25) is 0 Å². The highest BCUT2D eigenvalue weighted by atomic mass is 79.9. The molecule has 2 unspecified atom stereocenters. The van der Waals surface area contributed by atoms with Crippen LogP contribution in [-0.4, -0.2) is 6.54 Å². The molecule has 1 aromatic carbocycles. The van der Waals surface area contributed by atoms with Gasteiger partial charge >= 0.3 is 0 Å². The minimum atomic E-state index is 0.665. The highest BCUT2D eigenvalue weighted by Crippen LogP contribution is 2.47. The number of hydrogen-bond donors (Lipinski definition) is 1. The van der Waals surface area contributed by atoms with Crippen LogP contribution >= 0.6 is 27.5 Å². The van der Waals surface area contributed by atoms with E-state index in [4.69, 9.17) is 17.3 Å². The fourth-order valence-electron chi connectivity index (χ4n) is 1.66. The van der Waals surface area contributed by atoms with Gasteiger partial charge in [0.05, 0.1) is 5.02 Å². The molecule has 2 N–H and O–H groups in total. The Balaban J connectivity index is 2.19. The highest BCUT2D eigenvalue weighted by Gasteiger charge is 2.36. The van der Waals surface area contributed by atoms with E-state index in [0.717, 1.165) is 16.0 Å². The number of rotatable bonds is 2. The van der Waals surface area contributed by atoms with Crippen molar-refractivity contribution in [1.29, 1.82) is 0 Å². The SMILES string of the molecule is NCC1CC1c1ccc(Cl)c(Br)c1. The fraction of sp³-hybridized carbons (Fsp3) is 0.400. The van der Waals surface area contributed by atoms with E-state index in [2.05, 4.69) is 28.1 Å². The van der Waals surface area contributed by atoms with Gasteiger partial charge in [-0.3, -0.25) is 0 Å². The molecule has 1 nitrogen and oxygen atoms in total. The van der Waals surface area contributed by atoms with Crippen molar-refractivity contribution >= 4 is 27.5 Å². The first-order valence-electron chi connectivity index (χ1n) is 4.37. The lowest BCUT2D eigenvalue weighted by molar-refractivity contribution is 0.809. The summed E-state index contributed by atoms with van der Waals surface area (Å²) in [5, 5.41) is 0.772. The van der Waals surface area contributed by atoms with Gasteiger partial charge in [-0.2, -0.15) is 0 Å². The molecule has 1 aliphatic carbocycles. The van der Waals surface area contributed by atoms with Crippen LogP contribution < -0.4 is 5.73 Å².